The number of fused-ring (bicyclic) bond motifs is 4. The molecule has 59 heavy (non-hydrogen) atoms. The molecule has 1 radical (unpaired) electrons. The van der Waals surface area contributed by atoms with E-state index in [-0.39, 0.29) is 16.7 Å². The van der Waals surface area contributed by atoms with Crippen LogP contribution in [0.4, 0.5) is 0 Å². The molecular weight excluding hydrogens is 853 g/mol. The van der Waals surface area contributed by atoms with E-state index in [2.05, 4.69) is 27.7 Å². The van der Waals surface area contributed by atoms with Crippen molar-refractivity contribution in [3.05, 3.63) is 10.1 Å². The Labute approximate surface area is 365 Å². The summed E-state index contributed by atoms with van der Waals surface area (Å²) in [4.78, 5) is 5.48. The number of amidine groups is 1. The maximum absolute atomic E-state index is 14.2. The topological polar surface area (TPSA) is 123 Å². The molecule has 0 N–H and O–H groups in total. The maximum atomic E-state index is 14.2. The first-order valence-corrected chi connectivity index (χ1v) is 24.8. The molecule has 5 aliphatic rings. The van der Waals surface area contributed by atoms with Crippen molar-refractivity contribution in [3.63, 3.8) is 0 Å². The Kier molecular flexibility index (Phi) is 10.5. The molecule has 17 heteroatoms. The van der Waals surface area contributed by atoms with Gasteiger partial charge >= 0.3 is 5.84 Å². The molecular formula is C42H51N2O10S5. The maximum Gasteiger partial charge on any atom is 0.330 e. The van der Waals surface area contributed by atoms with Crippen molar-refractivity contribution in [1.82, 2.24) is 5.06 Å². The van der Waals surface area contributed by atoms with E-state index in [0.717, 1.165) is 80.5 Å². The van der Waals surface area contributed by atoms with Gasteiger partial charge in [-0.05, 0) is 59.6 Å². The first-order valence-electron chi connectivity index (χ1n) is 20.4. The molecule has 0 unspecified atom stereocenters. The smallest absolute Gasteiger partial charge is 0.330 e. The quantitative estimate of drug-likeness (QED) is 0.0906. The lowest BCUT2D eigenvalue weighted by Crippen LogP contribution is -2.53. The average molecular weight is 904 g/mol. The van der Waals surface area contributed by atoms with Crippen LogP contribution < -0.4 is 37.9 Å². The zero-order valence-electron chi connectivity index (χ0n) is 35.0. The van der Waals surface area contributed by atoms with Crippen LogP contribution in [0.25, 0.3) is 29.3 Å². The molecule has 12 nitrogen and oxygen atoms in total. The molecule has 9 rings (SSSR count). The Morgan fingerprint density at radius 2 is 0.864 bits per heavy atom. The van der Waals surface area contributed by atoms with E-state index < -0.39 is 11.1 Å². The van der Waals surface area contributed by atoms with Gasteiger partial charge in [0, 0.05) is 16.0 Å². The number of hydroxylamine groups is 3. The van der Waals surface area contributed by atoms with Gasteiger partial charge in [-0.25, -0.2) is 0 Å². The predicted molar refractivity (Wildman–Crippen MR) is 234 cm³/mol. The Bertz CT molecular complexity index is 2310. The summed E-state index contributed by atoms with van der Waals surface area (Å²) in [5.41, 5.74) is -2.52. The van der Waals surface area contributed by atoms with Crippen LogP contribution >= 0.6 is 57.1 Å². The summed E-state index contributed by atoms with van der Waals surface area (Å²) in [6.45, 7) is 19.4. The summed E-state index contributed by atoms with van der Waals surface area (Å²) in [6.07, 6.45) is 5.45. The van der Waals surface area contributed by atoms with Gasteiger partial charge in [-0.3, -0.25) is 4.74 Å². The van der Waals surface area contributed by atoms with Gasteiger partial charge in [-0.1, -0.05) is 32.8 Å². The third-order valence-electron chi connectivity index (χ3n) is 13.4. The van der Waals surface area contributed by atoms with E-state index in [1.54, 1.807) is 62.1 Å². The summed E-state index contributed by atoms with van der Waals surface area (Å²) < 4.78 is 54.7. The molecule has 0 aliphatic carbocycles. The lowest BCUT2D eigenvalue weighted by molar-refractivity contribution is -0.539. The first-order chi connectivity index (χ1) is 28.3. The first kappa shape index (κ1) is 41.1. The van der Waals surface area contributed by atoms with Gasteiger partial charge in [0.1, 0.15) is 36.2 Å². The fourth-order valence-electron chi connectivity index (χ4n) is 7.97. The minimum atomic E-state index is -1.02. The zero-order valence-corrected chi connectivity index (χ0v) is 39.1. The Morgan fingerprint density at radius 1 is 0.542 bits per heavy atom. The van der Waals surface area contributed by atoms with Crippen LogP contribution in [0.5, 0.6) is 46.0 Å². The number of nitrogens with zero attached hydrogens (tertiary/aromatic N) is 2. The lowest BCUT2D eigenvalue weighted by Gasteiger charge is -2.32. The van der Waals surface area contributed by atoms with Crippen LogP contribution in [0.1, 0.15) is 86.0 Å². The number of hydrogen-bond acceptors (Lipinski definition) is 15. The third-order valence-corrected chi connectivity index (χ3v) is 19.6. The molecule has 9 heterocycles. The van der Waals surface area contributed by atoms with Crippen molar-refractivity contribution in [2.45, 2.75) is 96.4 Å². The highest BCUT2D eigenvalue weighted by Gasteiger charge is 2.61. The van der Waals surface area contributed by atoms with Crippen LogP contribution in [-0.4, -0.2) is 85.8 Å². The van der Waals surface area contributed by atoms with Crippen LogP contribution in [0.15, 0.2) is 4.21 Å². The molecule has 4 aromatic heterocycles. The largest absolute Gasteiger partial charge is 0.714 e. The number of thiophene rings is 4. The summed E-state index contributed by atoms with van der Waals surface area (Å²) in [5, 5.41) is 29.3. The molecule has 0 spiro atoms. The second-order valence-corrected chi connectivity index (χ2v) is 22.0. The molecule has 0 fully saturated rings. The molecule has 319 valence electrons. The third kappa shape index (κ3) is 6.13. The molecule has 0 saturated carbocycles. The van der Waals surface area contributed by atoms with Crippen molar-refractivity contribution in [1.29, 1.82) is 0 Å². The fraction of sp³-hybridized carbons (Fsp3) is 0.595. The summed E-state index contributed by atoms with van der Waals surface area (Å²) in [6, 6.07) is 0. The van der Waals surface area contributed by atoms with Gasteiger partial charge in [0.05, 0.1) is 55.7 Å². The van der Waals surface area contributed by atoms with Gasteiger partial charge in [0.25, 0.3) is 0 Å². The minimum absolute atomic E-state index is 0.0187. The second-order valence-electron chi connectivity index (χ2n) is 16.8. The van der Waals surface area contributed by atoms with Gasteiger partial charge in [-0.2, -0.15) is 0 Å². The normalized spacial score (nSPS) is 20.7. The summed E-state index contributed by atoms with van der Waals surface area (Å²) >= 11 is 7.70. The summed E-state index contributed by atoms with van der Waals surface area (Å²) in [5.74, 6) is 4.98. The number of thioether (sulfide) groups is 1. The van der Waals surface area contributed by atoms with Gasteiger partial charge in [0.2, 0.25) is 0 Å². The molecule has 4 aromatic rings. The molecule has 0 aromatic carbocycles. The van der Waals surface area contributed by atoms with E-state index >= 15 is 0 Å². The van der Waals surface area contributed by atoms with Gasteiger partial charge < -0.3 is 43.1 Å². The van der Waals surface area contributed by atoms with Gasteiger partial charge in [0.15, 0.2) is 56.4 Å². The molecule has 0 saturated heterocycles. The van der Waals surface area contributed by atoms with Crippen molar-refractivity contribution < 1.29 is 47.8 Å². The highest BCUT2D eigenvalue weighted by molar-refractivity contribution is 8.00. The Morgan fingerprint density at radius 3 is 1.22 bits per heavy atom. The highest BCUT2D eigenvalue weighted by Crippen LogP contribution is 2.66. The van der Waals surface area contributed by atoms with Crippen molar-refractivity contribution in [3.8, 4) is 75.3 Å². The molecule has 0 bridgehead atoms. The minimum Gasteiger partial charge on any atom is -0.714 e. The molecule has 5 aliphatic heterocycles. The zero-order chi connectivity index (χ0) is 41.6. The SMILES string of the molecule is CCC1(CC)COc2c(C3=[N+]([O-])C(C)(C)C(C)(C)N3[O])sc(-c3sc(-c4sc(-c5sc(SC)c6c5OCCO6)c5c4OCCO5)c4c3OCC(CC)(CC)CO4)c2OC1. The molecule has 0 atom stereocenters. The monoisotopic (exact) mass is 903 g/mol. The van der Waals surface area contributed by atoms with Crippen molar-refractivity contribution in [2.24, 2.45) is 10.8 Å². The second kappa shape index (κ2) is 15.0. The Balaban J connectivity index is 1.27. The van der Waals surface area contributed by atoms with Crippen molar-refractivity contribution >= 4 is 62.9 Å². The van der Waals surface area contributed by atoms with Crippen LogP contribution in [0.2, 0.25) is 0 Å². The summed E-state index contributed by atoms with van der Waals surface area (Å²) in [7, 11) is 0. The number of hydrogen-bond donors (Lipinski definition) is 0. The van der Waals surface area contributed by atoms with Crippen LogP contribution in [0, 0.1) is 16.0 Å². The van der Waals surface area contributed by atoms with E-state index in [9.17, 15) is 10.4 Å². The van der Waals surface area contributed by atoms with E-state index in [0.29, 0.717) is 92.2 Å². The number of rotatable bonds is 9. The highest BCUT2D eigenvalue weighted by atomic mass is 32.2. The van der Waals surface area contributed by atoms with Crippen molar-refractivity contribution in [2.75, 3.05) is 59.1 Å². The lowest BCUT2D eigenvalue weighted by atomic mass is 9.84. The van der Waals surface area contributed by atoms with E-state index in [1.807, 2.05) is 6.26 Å². The fourth-order valence-corrected chi connectivity index (χ4v) is 13.8. The standard InChI is InChI=1S/C42H51N2O10S5/c1-10-41(11-2)18-51-24-25(52-19-41)33(57-32(24)30-22-23(48-15-14-47-22)31(56-30)35-28-29(38(55-9)59-35)50-17-16-49-28)34-26-27(54-21-42(12-3,13-4)20-53-26)36(58-34)37-43(45)39(5,6)40(7,8)44(37)46/h10-21H2,1-9H3. The Hall–Kier alpha value is -3.22. The number of ether oxygens (including phenoxy) is 8. The molecule has 0 amide bonds. The van der Waals surface area contributed by atoms with E-state index in [4.69, 9.17) is 37.9 Å². The average Bonchev–Trinajstić information content (AvgIpc) is 3.97. The predicted octanol–water partition coefficient (Wildman–Crippen LogP) is 10.8. The van der Waals surface area contributed by atoms with Crippen LogP contribution in [-0.2, 0) is 5.21 Å². The van der Waals surface area contributed by atoms with Gasteiger partial charge in [-0.15, -0.1) is 57.1 Å². The van der Waals surface area contributed by atoms with Crippen LogP contribution in [0.3, 0.4) is 0 Å². The van der Waals surface area contributed by atoms with E-state index in [1.165, 1.54) is 22.7 Å².